The minimum atomic E-state index is 0.165. The van der Waals surface area contributed by atoms with Crippen molar-refractivity contribution in [3.63, 3.8) is 0 Å². The second kappa shape index (κ2) is 5.48. The summed E-state index contributed by atoms with van der Waals surface area (Å²) in [5.41, 5.74) is 0.165. The molecule has 3 heteroatoms. The third kappa shape index (κ3) is 2.76. The molecule has 0 radical (unpaired) electrons. The van der Waals surface area contributed by atoms with E-state index in [0.717, 1.165) is 6.54 Å². The van der Waals surface area contributed by atoms with Crippen LogP contribution in [0, 0.1) is 0 Å². The van der Waals surface area contributed by atoms with Crippen molar-refractivity contribution in [1.82, 2.24) is 5.32 Å². The Morgan fingerprint density at radius 3 is 2.25 bits per heavy atom. The Kier molecular flexibility index (Phi) is 4.22. The maximum Gasteiger partial charge on any atom is 0.0802 e. The molecule has 2 aliphatic carbocycles. The van der Waals surface area contributed by atoms with Crippen molar-refractivity contribution in [3.8, 4) is 0 Å². The molecular weight excluding hydrogens is 202 g/mol. The molecule has 1 N–H and O–H groups in total. The van der Waals surface area contributed by atoms with Crippen molar-refractivity contribution >= 4 is 0 Å². The van der Waals surface area contributed by atoms with E-state index < -0.39 is 0 Å². The molecule has 0 bridgehead atoms. The van der Waals surface area contributed by atoms with Gasteiger partial charge >= 0.3 is 0 Å². The van der Waals surface area contributed by atoms with Gasteiger partial charge in [0.05, 0.1) is 11.7 Å². The first kappa shape index (κ1) is 12.3. The first-order chi connectivity index (χ1) is 7.78. The van der Waals surface area contributed by atoms with Gasteiger partial charge in [-0.2, -0.15) is 0 Å². The van der Waals surface area contributed by atoms with Crippen LogP contribution in [-0.2, 0) is 9.47 Å². The van der Waals surface area contributed by atoms with Crippen LogP contribution in [0.25, 0.3) is 0 Å². The van der Waals surface area contributed by atoms with Crippen LogP contribution in [0.5, 0.6) is 0 Å². The molecule has 0 aromatic carbocycles. The summed E-state index contributed by atoms with van der Waals surface area (Å²) in [6, 6.07) is 0.680. The number of methoxy groups -OCH3 is 2. The van der Waals surface area contributed by atoms with Crippen LogP contribution >= 0.6 is 0 Å². The smallest absolute Gasteiger partial charge is 0.0802 e. The number of hydrogen-bond acceptors (Lipinski definition) is 3. The van der Waals surface area contributed by atoms with Crippen LogP contribution in [0.4, 0.5) is 0 Å². The normalized spacial score (nSPS) is 33.4. The maximum atomic E-state index is 5.62. The third-order valence-corrected chi connectivity index (χ3v) is 4.42. The molecule has 0 aromatic rings. The Balaban J connectivity index is 1.67. The average molecular weight is 227 g/mol. The van der Waals surface area contributed by atoms with E-state index in [1.54, 1.807) is 0 Å². The summed E-state index contributed by atoms with van der Waals surface area (Å²) >= 11 is 0. The predicted octanol–water partition coefficient (Wildman–Crippen LogP) is 2.10. The molecule has 0 spiro atoms. The SMILES string of the molecule is COC1CCC(NCC2(OC)CCC2)CC1. The zero-order chi connectivity index (χ0) is 11.4. The molecule has 0 saturated heterocycles. The summed E-state index contributed by atoms with van der Waals surface area (Å²) in [6.07, 6.45) is 9.18. The Morgan fingerprint density at radius 1 is 1.12 bits per heavy atom. The Hall–Kier alpha value is -0.120. The molecule has 0 unspecified atom stereocenters. The summed E-state index contributed by atoms with van der Waals surface area (Å²) in [5, 5.41) is 3.68. The number of hydrogen-bond donors (Lipinski definition) is 1. The van der Waals surface area contributed by atoms with Crippen LogP contribution in [0.3, 0.4) is 0 Å². The highest BCUT2D eigenvalue weighted by Gasteiger charge is 2.37. The lowest BCUT2D eigenvalue weighted by Gasteiger charge is -2.42. The van der Waals surface area contributed by atoms with Crippen molar-refractivity contribution in [2.45, 2.75) is 62.7 Å². The summed E-state index contributed by atoms with van der Waals surface area (Å²) in [6.45, 7) is 1.03. The van der Waals surface area contributed by atoms with E-state index >= 15 is 0 Å². The summed E-state index contributed by atoms with van der Waals surface area (Å²) in [4.78, 5) is 0. The molecule has 2 rings (SSSR count). The number of rotatable bonds is 5. The van der Waals surface area contributed by atoms with E-state index in [0.29, 0.717) is 12.1 Å². The van der Waals surface area contributed by atoms with Crippen molar-refractivity contribution in [2.24, 2.45) is 0 Å². The fourth-order valence-corrected chi connectivity index (χ4v) is 2.86. The van der Waals surface area contributed by atoms with Gasteiger partial charge in [0.25, 0.3) is 0 Å². The van der Waals surface area contributed by atoms with Gasteiger partial charge in [-0.1, -0.05) is 0 Å². The molecule has 2 aliphatic rings. The molecule has 2 fully saturated rings. The zero-order valence-electron chi connectivity index (χ0n) is 10.6. The van der Waals surface area contributed by atoms with Crippen LogP contribution in [0.1, 0.15) is 44.9 Å². The van der Waals surface area contributed by atoms with Gasteiger partial charge < -0.3 is 14.8 Å². The lowest BCUT2D eigenvalue weighted by molar-refractivity contribution is -0.0720. The van der Waals surface area contributed by atoms with Crippen LogP contribution in [0.15, 0.2) is 0 Å². The molecule has 2 saturated carbocycles. The molecule has 0 aliphatic heterocycles. The Labute approximate surface area is 98.9 Å². The zero-order valence-corrected chi connectivity index (χ0v) is 10.6. The van der Waals surface area contributed by atoms with Crippen LogP contribution in [0.2, 0.25) is 0 Å². The second-order valence-corrected chi connectivity index (χ2v) is 5.33. The second-order valence-electron chi connectivity index (χ2n) is 5.33. The van der Waals surface area contributed by atoms with Gasteiger partial charge in [-0.05, 0) is 44.9 Å². The minimum Gasteiger partial charge on any atom is -0.381 e. The summed E-state index contributed by atoms with van der Waals surface area (Å²) < 4.78 is 11.0. The first-order valence-corrected chi connectivity index (χ1v) is 6.59. The number of ether oxygens (including phenoxy) is 2. The van der Waals surface area contributed by atoms with E-state index in [4.69, 9.17) is 9.47 Å². The summed E-state index contributed by atoms with van der Waals surface area (Å²) in [5.74, 6) is 0. The quantitative estimate of drug-likeness (QED) is 0.780. The molecule has 16 heavy (non-hydrogen) atoms. The fourth-order valence-electron chi connectivity index (χ4n) is 2.86. The van der Waals surface area contributed by atoms with Crippen molar-refractivity contribution < 1.29 is 9.47 Å². The average Bonchev–Trinajstić information content (AvgIpc) is 2.29. The van der Waals surface area contributed by atoms with E-state index in [-0.39, 0.29) is 5.60 Å². The summed E-state index contributed by atoms with van der Waals surface area (Å²) in [7, 11) is 3.68. The molecule has 0 amide bonds. The van der Waals surface area contributed by atoms with Gasteiger partial charge in [-0.25, -0.2) is 0 Å². The maximum absolute atomic E-state index is 5.62. The largest absolute Gasteiger partial charge is 0.381 e. The van der Waals surface area contributed by atoms with Gasteiger partial charge in [0.15, 0.2) is 0 Å². The first-order valence-electron chi connectivity index (χ1n) is 6.59. The highest BCUT2D eigenvalue weighted by atomic mass is 16.5. The molecule has 0 aromatic heterocycles. The van der Waals surface area contributed by atoms with Gasteiger partial charge in [-0.3, -0.25) is 0 Å². The molecule has 0 heterocycles. The third-order valence-electron chi connectivity index (χ3n) is 4.42. The highest BCUT2D eigenvalue weighted by Crippen LogP contribution is 2.34. The van der Waals surface area contributed by atoms with Crippen molar-refractivity contribution in [1.29, 1.82) is 0 Å². The van der Waals surface area contributed by atoms with Gasteiger partial charge in [-0.15, -0.1) is 0 Å². The minimum absolute atomic E-state index is 0.165. The Bertz CT molecular complexity index is 202. The monoisotopic (exact) mass is 227 g/mol. The lowest BCUT2D eigenvalue weighted by atomic mass is 9.79. The fraction of sp³-hybridized carbons (Fsp3) is 1.00. The van der Waals surface area contributed by atoms with Gasteiger partial charge in [0.1, 0.15) is 0 Å². The van der Waals surface area contributed by atoms with Crippen molar-refractivity contribution in [2.75, 3.05) is 20.8 Å². The predicted molar refractivity (Wildman–Crippen MR) is 64.6 cm³/mol. The van der Waals surface area contributed by atoms with E-state index in [1.807, 2.05) is 14.2 Å². The Morgan fingerprint density at radius 2 is 1.81 bits per heavy atom. The molecule has 94 valence electrons. The molecular formula is C13H25NO2. The molecule has 3 nitrogen and oxygen atoms in total. The van der Waals surface area contributed by atoms with E-state index in [1.165, 1.54) is 44.9 Å². The molecule has 0 atom stereocenters. The highest BCUT2D eigenvalue weighted by molar-refractivity contribution is 4.92. The van der Waals surface area contributed by atoms with Crippen molar-refractivity contribution in [3.05, 3.63) is 0 Å². The van der Waals surface area contributed by atoms with Crippen LogP contribution in [-0.4, -0.2) is 38.5 Å². The van der Waals surface area contributed by atoms with Gasteiger partial charge in [0, 0.05) is 26.8 Å². The standard InChI is InChI=1S/C13H25NO2/c1-15-12-6-4-11(5-7-12)14-10-13(16-2)8-3-9-13/h11-12,14H,3-10H2,1-2H3. The van der Waals surface area contributed by atoms with E-state index in [9.17, 15) is 0 Å². The topological polar surface area (TPSA) is 30.5 Å². The van der Waals surface area contributed by atoms with Gasteiger partial charge in [0.2, 0.25) is 0 Å². The number of nitrogens with one attached hydrogen (secondary N) is 1. The lowest BCUT2D eigenvalue weighted by Crippen LogP contribution is -2.51. The van der Waals surface area contributed by atoms with Crippen LogP contribution < -0.4 is 5.32 Å². The van der Waals surface area contributed by atoms with E-state index in [2.05, 4.69) is 5.32 Å².